The van der Waals surface area contributed by atoms with Gasteiger partial charge in [-0.1, -0.05) is 25.6 Å². The van der Waals surface area contributed by atoms with Crippen molar-refractivity contribution in [2.24, 2.45) is 5.92 Å². The van der Waals surface area contributed by atoms with Gasteiger partial charge in [0.25, 0.3) is 0 Å². The van der Waals surface area contributed by atoms with Gasteiger partial charge < -0.3 is 9.64 Å². The zero-order chi connectivity index (χ0) is 22.5. The molecule has 5 heterocycles. The number of pyridine rings is 1. The zero-order valence-corrected chi connectivity index (χ0v) is 20.9. The number of hydrogen-bond donors (Lipinski definition) is 0. The third-order valence-electron chi connectivity index (χ3n) is 6.27. The van der Waals surface area contributed by atoms with E-state index in [1.165, 1.54) is 22.9 Å². The lowest BCUT2D eigenvalue weighted by Crippen LogP contribution is -2.33. The van der Waals surface area contributed by atoms with Crippen molar-refractivity contribution < 1.29 is 9.53 Å². The number of thiophene rings is 1. The van der Waals surface area contributed by atoms with Crippen LogP contribution in [0.3, 0.4) is 0 Å². The van der Waals surface area contributed by atoms with Crippen molar-refractivity contribution in [1.82, 2.24) is 19.9 Å². The fourth-order valence-corrected chi connectivity index (χ4v) is 6.86. The lowest BCUT2D eigenvalue weighted by Gasteiger charge is -2.33. The molecule has 0 spiro atoms. The number of nitrogens with zero attached hydrogens (tertiary/aromatic N) is 4. The average molecular weight is 471 g/mol. The Bertz CT molecular complexity index is 1180. The zero-order valence-electron chi connectivity index (χ0n) is 19.2. The van der Waals surface area contributed by atoms with E-state index in [0.717, 1.165) is 69.9 Å². The maximum atomic E-state index is 12.6. The maximum Gasteiger partial charge on any atom is 0.232 e. The van der Waals surface area contributed by atoms with Gasteiger partial charge in [-0.05, 0) is 44.6 Å². The van der Waals surface area contributed by atoms with E-state index in [4.69, 9.17) is 14.7 Å². The van der Waals surface area contributed by atoms with Gasteiger partial charge in [-0.15, -0.1) is 11.3 Å². The minimum atomic E-state index is -0.211. The lowest BCUT2D eigenvalue weighted by molar-refractivity contribution is -0.127. The van der Waals surface area contributed by atoms with Crippen molar-refractivity contribution in [1.29, 1.82) is 0 Å². The summed E-state index contributed by atoms with van der Waals surface area (Å²) >= 11 is 3.19. The topological polar surface area (TPSA) is 68.2 Å². The molecule has 3 aromatic rings. The number of thioether (sulfide) groups is 1. The highest BCUT2D eigenvalue weighted by molar-refractivity contribution is 8.00. The molecule has 2 aliphatic heterocycles. The molecule has 0 bridgehead atoms. The predicted octanol–water partition coefficient (Wildman–Crippen LogP) is 5.00. The van der Waals surface area contributed by atoms with E-state index in [1.54, 1.807) is 17.7 Å². The van der Waals surface area contributed by atoms with Crippen LogP contribution in [0, 0.1) is 5.92 Å². The molecule has 3 aromatic heterocycles. The highest BCUT2D eigenvalue weighted by atomic mass is 32.2. The Morgan fingerprint density at radius 1 is 1.25 bits per heavy atom. The van der Waals surface area contributed by atoms with E-state index in [-0.39, 0.29) is 11.5 Å². The molecular weight excluding hydrogens is 440 g/mol. The van der Waals surface area contributed by atoms with Gasteiger partial charge >= 0.3 is 0 Å². The largest absolute Gasteiger partial charge is 0.370 e. The normalized spacial score (nSPS) is 18.1. The van der Waals surface area contributed by atoms with Gasteiger partial charge in [0.05, 0.1) is 28.2 Å². The first kappa shape index (κ1) is 22.0. The van der Waals surface area contributed by atoms with Crippen LogP contribution in [0.1, 0.15) is 57.4 Å². The van der Waals surface area contributed by atoms with Gasteiger partial charge in [0, 0.05) is 36.2 Å². The fourth-order valence-electron chi connectivity index (χ4n) is 4.70. The highest BCUT2D eigenvalue weighted by Crippen LogP contribution is 2.43. The molecule has 2 aliphatic rings. The molecule has 1 saturated heterocycles. The van der Waals surface area contributed by atoms with Crippen molar-refractivity contribution in [2.45, 2.75) is 70.6 Å². The Hall–Kier alpha value is -1.77. The van der Waals surface area contributed by atoms with Crippen molar-refractivity contribution in [3.05, 3.63) is 23.1 Å². The molecule has 0 unspecified atom stereocenters. The number of carbonyl (C=O) groups is 1. The summed E-state index contributed by atoms with van der Waals surface area (Å²) in [6.45, 7) is 11.1. The lowest BCUT2D eigenvalue weighted by atomic mass is 9.88. The predicted molar refractivity (Wildman–Crippen MR) is 130 cm³/mol. The first-order valence-corrected chi connectivity index (χ1v) is 13.2. The molecule has 0 atom stereocenters. The number of carbonyl (C=O) groups excluding carboxylic acids is 1. The Labute approximate surface area is 197 Å². The summed E-state index contributed by atoms with van der Waals surface area (Å²) in [6.07, 6.45) is 5.64. The summed E-state index contributed by atoms with van der Waals surface area (Å²) in [5.41, 5.74) is 4.47. The van der Waals surface area contributed by atoms with Crippen LogP contribution in [-0.2, 0) is 29.0 Å². The molecule has 170 valence electrons. The van der Waals surface area contributed by atoms with Crippen LogP contribution in [0.15, 0.2) is 11.4 Å². The van der Waals surface area contributed by atoms with Crippen LogP contribution < -0.4 is 0 Å². The van der Waals surface area contributed by atoms with Crippen molar-refractivity contribution in [2.75, 3.05) is 18.8 Å². The Kier molecular flexibility index (Phi) is 5.88. The molecule has 0 radical (unpaired) electrons. The number of likely N-dealkylation sites (tertiary alicyclic amines) is 1. The molecule has 8 heteroatoms. The van der Waals surface area contributed by atoms with E-state index in [1.807, 2.05) is 4.90 Å². The molecule has 0 N–H and O–H groups in total. The van der Waals surface area contributed by atoms with Gasteiger partial charge in [0.2, 0.25) is 5.91 Å². The van der Waals surface area contributed by atoms with Crippen molar-refractivity contribution in [3.63, 3.8) is 0 Å². The highest BCUT2D eigenvalue weighted by Gasteiger charge is 2.32. The first-order chi connectivity index (χ1) is 15.3. The second-order valence-electron chi connectivity index (χ2n) is 9.85. The van der Waals surface area contributed by atoms with E-state index in [0.29, 0.717) is 18.3 Å². The summed E-state index contributed by atoms with van der Waals surface area (Å²) < 4.78 is 7.22. The van der Waals surface area contributed by atoms with E-state index >= 15 is 0 Å². The number of aromatic nitrogens is 3. The average Bonchev–Trinajstić information content (AvgIpc) is 3.39. The molecule has 5 rings (SSSR count). The van der Waals surface area contributed by atoms with Crippen LogP contribution >= 0.6 is 23.1 Å². The smallest absolute Gasteiger partial charge is 0.232 e. The van der Waals surface area contributed by atoms with Crippen molar-refractivity contribution in [3.8, 4) is 0 Å². The molecule has 1 fully saturated rings. The van der Waals surface area contributed by atoms with Crippen molar-refractivity contribution >= 4 is 49.4 Å². The summed E-state index contributed by atoms with van der Waals surface area (Å²) in [5, 5.41) is 2.04. The minimum Gasteiger partial charge on any atom is -0.370 e. The van der Waals surface area contributed by atoms with E-state index in [2.05, 4.69) is 32.7 Å². The van der Waals surface area contributed by atoms with E-state index < -0.39 is 0 Å². The van der Waals surface area contributed by atoms with Crippen LogP contribution in [0.2, 0.25) is 0 Å². The molecular formula is C24H30N4O2S2. The van der Waals surface area contributed by atoms with Crippen LogP contribution in [0.5, 0.6) is 0 Å². The monoisotopic (exact) mass is 470 g/mol. The number of rotatable bonds is 5. The molecule has 6 nitrogen and oxygen atoms in total. The molecule has 0 saturated carbocycles. The number of amides is 1. The standard InChI is InChI=1S/C24H30N4O2S2/c1-14(2)9-17-16-11-30-24(3,4)10-15(16)19-20-21(32-22(19)27-17)23(26-13-25-20)31-12-18(29)28-7-5-6-8-28/h13-14H,5-12H2,1-4H3. The summed E-state index contributed by atoms with van der Waals surface area (Å²) in [5.74, 6) is 1.15. The Balaban J connectivity index is 1.58. The van der Waals surface area contributed by atoms with Gasteiger partial charge in [-0.25, -0.2) is 15.0 Å². The first-order valence-electron chi connectivity index (χ1n) is 11.4. The quantitative estimate of drug-likeness (QED) is 0.386. The SMILES string of the molecule is CC(C)Cc1nc2sc3c(SCC(=O)N4CCCC4)ncnc3c2c2c1COC(C)(C)C2. The second-order valence-corrected chi connectivity index (χ2v) is 11.8. The van der Waals surface area contributed by atoms with Crippen LogP contribution in [0.25, 0.3) is 20.4 Å². The Morgan fingerprint density at radius 3 is 2.78 bits per heavy atom. The maximum absolute atomic E-state index is 12.6. The third kappa shape index (κ3) is 4.13. The van der Waals surface area contributed by atoms with E-state index in [9.17, 15) is 4.79 Å². The molecule has 0 aromatic carbocycles. The summed E-state index contributed by atoms with van der Waals surface area (Å²) in [4.78, 5) is 29.9. The van der Waals surface area contributed by atoms with Gasteiger partial charge in [0.1, 0.15) is 16.2 Å². The van der Waals surface area contributed by atoms with Crippen LogP contribution in [-0.4, -0.2) is 50.2 Å². The van der Waals surface area contributed by atoms with Gasteiger partial charge in [0.15, 0.2) is 0 Å². The number of ether oxygens (including phenoxy) is 1. The number of fused-ring (bicyclic) bond motifs is 5. The summed E-state index contributed by atoms with van der Waals surface area (Å²) in [6, 6.07) is 0. The van der Waals surface area contributed by atoms with Crippen LogP contribution in [0.4, 0.5) is 0 Å². The summed E-state index contributed by atoms with van der Waals surface area (Å²) in [7, 11) is 0. The van der Waals surface area contributed by atoms with Gasteiger partial charge in [-0.3, -0.25) is 4.79 Å². The fraction of sp³-hybridized carbons (Fsp3) is 0.583. The minimum absolute atomic E-state index is 0.203. The molecule has 0 aliphatic carbocycles. The Morgan fingerprint density at radius 2 is 2.03 bits per heavy atom. The number of hydrogen-bond acceptors (Lipinski definition) is 7. The molecule has 32 heavy (non-hydrogen) atoms. The third-order valence-corrected chi connectivity index (χ3v) is 8.46. The van der Waals surface area contributed by atoms with Gasteiger partial charge in [-0.2, -0.15) is 0 Å². The molecule has 1 amide bonds. The second kappa shape index (κ2) is 8.54.